The second kappa shape index (κ2) is 7.21. The lowest BCUT2D eigenvalue weighted by atomic mass is 9.80. The Balaban J connectivity index is 1.98. The van der Waals surface area contributed by atoms with E-state index in [4.69, 9.17) is 10.3 Å². The van der Waals surface area contributed by atoms with Gasteiger partial charge < -0.3 is 10.3 Å². The normalized spacial score (nSPS) is 25.1. The first-order valence-electron chi connectivity index (χ1n) is 8.17. The van der Waals surface area contributed by atoms with Gasteiger partial charge in [-0.25, -0.2) is 0 Å². The van der Waals surface area contributed by atoms with Crippen LogP contribution in [0.15, 0.2) is 4.52 Å². The molecule has 2 rings (SSSR count). The zero-order valence-electron chi connectivity index (χ0n) is 13.1. The molecule has 114 valence electrons. The Kier molecular flexibility index (Phi) is 5.58. The van der Waals surface area contributed by atoms with Crippen molar-refractivity contribution in [3.05, 3.63) is 11.7 Å². The highest BCUT2D eigenvalue weighted by Gasteiger charge is 2.26. The molecule has 0 saturated heterocycles. The van der Waals surface area contributed by atoms with E-state index >= 15 is 0 Å². The van der Waals surface area contributed by atoms with Gasteiger partial charge in [-0.15, -0.1) is 0 Å². The first-order chi connectivity index (χ1) is 9.63. The molecule has 1 aromatic rings. The average molecular weight is 279 g/mol. The summed E-state index contributed by atoms with van der Waals surface area (Å²) in [4.78, 5) is 4.65. The summed E-state index contributed by atoms with van der Waals surface area (Å²) in [5.74, 6) is 3.86. The summed E-state index contributed by atoms with van der Waals surface area (Å²) in [5, 5.41) is 4.23. The Morgan fingerprint density at radius 3 is 2.50 bits per heavy atom. The fourth-order valence-corrected chi connectivity index (χ4v) is 3.27. The fraction of sp³-hybridized carbons (Fsp3) is 0.875. The third kappa shape index (κ3) is 3.81. The van der Waals surface area contributed by atoms with E-state index < -0.39 is 0 Å². The van der Waals surface area contributed by atoms with E-state index in [2.05, 4.69) is 30.9 Å². The molecule has 1 unspecified atom stereocenters. The number of nitrogens with two attached hydrogens (primary N) is 1. The molecule has 4 heteroatoms. The molecule has 20 heavy (non-hydrogen) atoms. The van der Waals surface area contributed by atoms with Gasteiger partial charge in [-0.05, 0) is 43.9 Å². The Morgan fingerprint density at radius 1 is 1.25 bits per heavy atom. The summed E-state index contributed by atoms with van der Waals surface area (Å²) in [6.45, 7) is 7.27. The molecule has 1 heterocycles. The maximum atomic E-state index is 5.85. The molecule has 0 radical (unpaired) electrons. The Hall–Kier alpha value is -0.900. The van der Waals surface area contributed by atoms with Crippen molar-refractivity contribution < 1.29 is 4.52 Å². The second-order valence-electron chi connectivity index (χ2n) is 6.68. The Morgan fingerprint density at radius 2 is 1.95 bits per heavy atom. The molecule has 0 aliphatic heterocycles. The van der Waals surface area contributed by atoms with Crippen LogP contribution in [0.25, 0.3) is 0 Å². The monoisotopic (exact) mass is 279 g/mol. The number of hydrogen-bond donors (Lipinski definition) is 1. The summed E-state index contributed by atoms with van der Waals surface area (Å²) < 4.78 is 5.48. The van der Waals surface area contributed by atoms with Gasteiger partial charge >= 0.3 is 0 Å². The molecule has 1 saturated carbocycles. The van der Waals surface area contributed by atoms with Crippen LogP contribution in [0.5, 0.6) is 0 Å². The van der Waals surface area contributed by atoms with Gasteiger partial charge in [-0.2, -0.15) is 4.98 Å². The maximum Gasteiger partial charge on any atom is 0.231 e. The smallest absolute Gasteiger partial charge is 0.231 e. The van der Waals surface area contributed by atoms with E-state index in [-0.39, 0.29) is 5.92 Å². The Labute approximate surface area is 122 Å². The van der Waals surface area contributed by atoms with Gasteiger partial charge in [0.2, 0.25) is 5.89 Å². The number of hydrogen-bond acceptors (Lipinski definition) is 4. The minimum atomic E-state index is 0.211. The predicted molar refractivity (Wildman–Crippen MR) is 80.5 cm³/mol. The molecule has 1 aliphatic rings. The van der Waals surface area contributed by atoms with E-state index in [1.54, 1.807) is 0 Å². The van der Waals surface area contributed by atoms with E-state index in [0.29, 0.717) is 18.4 Å². The van der Waals surface area contributed by atoms with Crippen LogP contribution in [-0.2, 0) is 0 Å². The molecule has 1 atom stereocenters. The van der Waals surface area contributed by atoms with Crippen LogP contribution in [0.1, 0.15) is 82.8 Å². The van der Waals surface area contributed by atoms with Crippen LogP contribution in [0.3, 0.4) is 0 Å². The molecule has 1 aliphatic carbocycles. The number of aromatic nitrogens is 2. The molecule has 1 fully saturated rings. The molecule has 2 N–H and O–H groups in total. The van der Waals surface area contributed by atoms with Crippen molar-refractivity contribution in [2.24, 2.45) is 17.6 Å². The molecular formula is C16H29N3O. The van der Waals surface area contributed by atoms with Gasteiger partial charge in [0.1, 0.15) is 0 Å². The van der Waals surface area contributed by atoms with Crippen LogP contribution < -0.4 is 5.73 Å². The maximum absolute atomic E-state index is 5.85. The Bertz CT molecular complexity index is 394. The van der Waals surface area contributed by atoms with Crippen molar-refractivity contribution in [2.75, 3.05) is 6.54 Å². The zero-order valence-corrected chi connectivity index (χ0v) is 13.1. The lowest BCUT2D eigenvalue weighted by Crippen LogP contribution is -2.16. The molecule has 0 aromatic carbocycles. The van der Waals surface area contributed by atoms with Gasteiger partial charge in [0.15, 0.2) is 5.82 Å². The predicted octanol–water partition coefficient (Wildman–Crippen LogP) is 3.84. The molecule has 1 aromatic heterocycles. The molecule has 0 spiro atoms. The van der Waals surface area contributed by atoms with Gasteiger partial charge in [0.05, 0.1) is 5.92 Å². The highest BCUT2D eigenvalue weighted by atomic mass is 16.5. The zero-order chi connectivity index (χ0) is 14.5. The summed E-state index contributed by atoms with van der Waals surface area (Å²) in [6.07, 6.45) is 7.33. The van der Waals surface area contributed by atoms with E-state index in [9.17, 15) is 0 Å². The van der Waals surface area contributed by atoms with E-state index in [1.165, 1.54) is 32.1 Å². The summed E-state index contributed by atoms with van der Waals surface area (Å²) >= 11 is 0. The third-order valence-electron chi connectivity index (χ3n) is 4.64. The standard InChI is InChI=1S/C16H29N3O/c1-4-12-5-7-13(8-6-12)15-18-16(20-19-15)14(10-17)9-11(2)3/h11-14H,4-10,17H2,1-3H3. The van der Waals surface area contributed by atoms with E-state index in [1.807, 2.05) is 0 Å². The van der Waals surface area contributed by atoms with Crippen LogP contribution in [0, 0.1) is 11.8 Å². The first kappa shape index (κ1) is 15.5. The molecule has 0 amide bonds. The summed E-state index contributed by atoms with van der Waals surface area (Å²) in [7, 11) is 0. The van der Waals surface area contributed by atoms with Gasteiger partial charge in [0, 0.05) is 12.5 Å². The van der Waals surface area contributed by atoms with Gasteiger partial charge in [-0.3, -0.25) is 0 Å². The third-order valence-corrected chi connectivity index (χ3v) is 4.64. The van der Waals surface area contributed by atoms with Crippen molar-refractivity contribution in [1.29, 1.82) is 0 Å². The van der Waals surface area contributed by atoms with Crippen molar-refractivity contribution in [3.63, 3.8) is 0 Å². The van der Waals surface area contributed by atoms with Crippen molar-refractivity contribution >= 4 is 0 Å². The molecule has 0 bridgehead atoms. The van der Waals surface area contributed by atoms with Crippen LogP contribution >= 0.6 is 0 Å². The van der Waals surface area contributed by atoms with Crippen LogP contribution in [-0.4, -0.2) is 16.7 Å². The second-order valence-corrected chi connectivity index (χ2v) is 6.68. The lowest BCUT2D eigenvalue weighted by Gasteiger charge is -2.25. The van der Waals surface area contributed by atoms with Crippen molar-refractivity contribution in [2.45, 2.75) is 71.1 Å². The number of nitrogens with zero attached hydrogens (tertiary/aromatic N) is 2. The topological polar surface area (TPSA) is 64.9 Å². The highest BCUT2D eigenvalue weighted by molar-refractivity contribution is 5.01. The summed E-state index contributed by atoms with van der Waals surface area (Å²) in [6, 6.07) is 0. The largest absolute Gasteiger partial charge is 0.339 e. The fourth-order valence-electron chi connectivity index (χ4n) is 3.27. The van der Waals surface area contributed by atoms with Crippen molar-refractivity contribution in [1.82, 2.24) is 10.1 Å². The van der Waals surface area contributed by atoms with Crippen molar-refractivity contribution in [3.8, 4) is 0 Å². The molecular weight excluding hydrogens is 250 g/mol. The highest BCUT2D eigenvalue weighted by Crippen LogP contribution is 2.36. The van der Waals surface area contributed by atoms with Crippen LogP contribution in [0.2, 0.25) is 0 Å². The number of rotatable bonds is 6. The quantitative estimate of drug-likeness (QED) is 0.859. The minimum absolute atomic E-state index is 0.211. The minimum Gasteiger partial charge on any atom is -0.339 e. The van der Waals surface area contributed by atoms with Gasteiger partial charge in [0.25, 0.3) is 0 Å². The van der Waals surface area contributed by atoms with Gasteiger partial charge in [-0.1, -0.05) is 32.3 Å². The van der Waals surface area contributed by atoms with E-state index in [0.717, 1.165) is 24.1 Å². The average Bonchev–Trinajstić information content (AvgIpc) is 2.94. The SMILES string of the molecule is CCC1CCC(c2noc(C(CN)CC(C)C)n2)CC1. The lowest BCUT2D eigenvalue weighted by molar-refractivity contribution is 0.299. The van der Waals surface area contributed by atoms with Crippen LogP contribution in [0.4, 0.5) is 0 Å². The first-order valence-corrected chi connectivity index (χ1v) is 8.17. The summed E-state index contributed by atoms with van der Waals surface area (Å²) in [5.41, 5.74) is 5.85. The molecule has 4 nitrogen and oxygen atoms in total.